The Morgan fingerprint density at radius 1 is 1.28 bits per heavy atom. The van der Waals surface area contributed by atoms with Crippen LogP contribution in [0.15, 0.2) is 18.3 Å². The van der Waals surface area contributed by atoms with E-state index in [0.29, 0.717) is 25.1 Å². The molecule has 3 heterocycles. The van der Waals surface area contributed by atoms with Gasteiger partial charge in [0.25, 0.3) is 5.91 Å². The molecular formula is C17H22N4O4. The van der Waals surface area contributed by atoms with Gasteiger partial charge in [0, 0.05) is 46.3 Å². The fraction of sp³-hybridized carbons (Fsp3) is 0.529. The van der Waals surface area contributed by atoms with Gasteiger partial charge in [-0.05, 0) is 18.6 Å². The van der Waals surface area contributed by atoms with Gasteiger partial charge in [0.05, 0.1) is 17.5 Å². The van der Waals surface area contributed by atoms with Crippen LogP contribution in [0.3, 0.4) is 0 Å². The number of hydrogen-bond donors (Lipinski definition) is 1. The third-order valence-corrected chi connectivity index (χ3v) is 4.85. The topological polar surface area (TPSA) is 94.0 Å². The molecule has 0 radical (unpaired) electrons. The lowest BCUT2D eigenvalue weighted by molar-refractivity contribution is -0.141. The molecule has 2 unspecified atom stereocenters. The van der Waals surface area contributed by atoms with Crippen molar-refractivity contribution >= 4 is 23.6 Å². The lowest BCUT2D eigenvalue weighted by atomic mass is 10.1. The summed E-state index contributed by atoms with van der Waals surface area (Å²) in [6, 6.07) is 3.44. The number of carboxylic acids is 1. The molecule has 3 rings (SSSR count). The highest BCUT2D eigenvalue weighted by Crippen LogP contribution is 2.26. The highest BCUT2D eigenvalue weighted by Gasteiger charge is 2.41. The van der Waals surface area contributed by atoms with Crippen LogP contribution in [-0.2, 0) is 9.59 Å². The van der Waals surface area contributed by atoms with Gasteiger partial charge in [-0.15, -0.1) is 0 Å². The zero-order chi connectivity index (χ0) is 18.1. The number of amides is 2. The lowest BCUT2D eigenvalue weighted by Gasteiger charge is -2.24. The first-order valence-electron chi connectivity index (χ1n) is 8.31. The Labute approximate surface area is 146 Å². The molecule has 1 N–H and O–H groups in total. The Morgan fingerprint density at radius 3 is 2.60 bits per heavy atom. The van der Waals surface area contributed by atoms with E-state index in [2.05, 4.69) is 4.98 Å². The van der Waals surface area contributed by atoms with Gasteiger partial charge in [-0.3, -0.25) is 14.4 Å². The molecule has 8 heteroatoms. The van der Waals surface area contributed by atoms with Crippen LogP contribution >= 0.6 is 0 Å². The monoisotopic (exact) mass is 346 g/mol. The van der Waals surface area contributed by atoms with Crippen LogP contribution in [0.1, 0.15) is 23.2 Å². The predicted octanol–water partition coefficient (Wildman–Crippen LogP) is 0.295. The lowest BCUT2D eigenvalue weighted by Crippen LogP contribution is -2.40. The maximum absolute atomic E-state index is 12.6. The average molecular weight is 346 g/mol. The van der Waals surface area contributed by atoms with E-state index >= 15 is 0 Å². The van der Waals surface area contributed by atoms with E-state index in [0.717, 1.165) is 5.82 Å². The van der Waals surface area contributed by atoms with E-state index in [-0.39, 0.29) is 30.8 Å². The van der Waals surface area contributed by atoms with Crippen LogP contribution in [0.25, 0.3) is 0 Å². The van der Waals surface area contributed by atoms with Gasteiger partial charge in [0.2, 0.25) is 5.91 Å². The summed E-state index contributed by atoms with van der Waals surface area (Å²) in [5.74, 6) is -1.04. The first-order chi connectivity index (χ1) is 11.9. The molecule has 2 amide bonds. The molecule has 134 valence electrons. The summed E-state index contributed by atoms with van der Waals surface area (Å²) in [7, 11) is 3.76. The highest BCUT2D eigenvalue weighted by molar-refractivity contribution is 5.94. The van der Waals surface area contributed by atoms with E-state index in [4.69, 9.17) is 5.11 Å². The van der Waals surface area contributed by atoms with Crippen molar-refractivity contribution in [2.75, 3.05) is 38.6 Å². The molecule has 1 aromatic rings. The number of likely N-dealkylation sites (tertiary alicyclic amines) is 2. The normalized spacial score (nSPS) is 23.2. The largest absolute Gasteiger partial charge is 0.481 e. The second-order valence-corrected chi connectivity index (χ2v) is 6.78. The highest BCUT2D eigenvalue weighted by atomic mass is 16.4. The van der Waals surface area contributed by atoms with E-state index < -0.39 is 11.9 Å². The van der Waals surface area contributed by atoms with E-state index in [1.54, 1.807) is 28.1 Å². The van der Waals surface area contributed by atoms with Crippen LogP contribution in [0.2, 0.25) is 0 Å². The SMILES string of the molecule is CN(C)c1ccc(C(=O)N2CCC(N3CC(C(=O)O)CC3=O)C2)cn1. The summed E-state index contributed by atoms with van der Waals surface area (Å²) in [5, 5.41) is 9.09. The van der Waals surface area contributed by atoms with Gasteiger partial charge < -0.3 is 19.8 Å². The molecule has 8 nitrogen and oxygen atoms in total. The van der Waals surface area contributed by atoms with Crippen LogP contribution in [0, 0.1) is 5.92 Å². The fourth-order valence-corrected chi connectivity index (χ4v) is 3.39. The number of carboxylic acid groups (broad SMARTS) is 1. The number of aromatic nitrogens is 1. The van der Waals surface area contributed by atoms with Gasteiger partial charge in [-0.1, -0.05) is 0 Å². The number of aliphatic carboxylic acids is 1. The third-order valence-electron chi connectivity index (χ3n) is 4.85. The van der Waals surface area contributed by atoms with E-state index in [1.807, 2.05) is 19.0 Å². The molecule has 0 saturated carbocycles. The van der Waals surface area contributed by atoms with Crippen LogP contribution in [0.5, 0.6) is 0 Å². The number of nitrogens with zero attached hydrogens (tertiary/aromatic N) is 4. The molecule has 0 aromatic carbocycles. The van der Waals surface area contributed by atoms with Crippen molar-refractivity contribution in [3.05, 3.63) is 23.9 Å². The Balaban J connectivity index is 1.63. The van der Waals surface area contributed by atoms with Crippen LogP contribution in [0.4, 0.5) is 5.82 Å². The van der Waals surface area contributed by atoms with Crippen molar-refractivity contribution in [2.24, 2.45) is 5.92 Å². The van der Waals surface area contributed by atoms with Gasteiger partial charge in [-0.25, -0.2) is 4.98 Å². The molecule has 0 bridgehead atoms. The number of rotatable bonds is 4. The van der Waals surface area contributed by atoms with E-state index in [9.17, 15) is 14.4 Å². The summed E-state index contributed by atoms with van der Waals surface area (Å²) in [6.45, 7) is 1.23. The number of pyridine rings is 1. The molecule has 1 aromatic heterocycles. The van der Waals surface area contributed by atoms with E-state index in [1.165, 1.54) is 0 Å². The van der Waals surface area contributed by atoms with Crippen molar-refractivity contribution in [1.82, 2.24) is 14.8 Å². The standard InChI is InChI=1S/C17H22N4O4/c1-19(2)14-4-3-11(8-18-14)16(23)20-6-5-13(10-20)21-9-12(17(24)25)7-15(21)22/h3-4,8,12-13H,5-7,9-10H2,1-2H3,(H,24,25). The molecule has 2 saturated heterocycles. The molecule has 0 aliphatic carbocycles. The van der Waals surface area contributed by atoms with Crippen molar-refractivity contribution in [2.45, 2.75) is 18.9 Å². The number of hydrogen-bond acceptors (Lipinski definition) is 5. The Bertz CT molecular complexity index is 688. The van der Waals surface area contributed by atoms with Crippen LogP contribution in [-0.4, -0.2) is 77.4 Å². The molecule has 2 fully saturated rings. The quantitative estimate of drug-likeness (QED) is 0.842. The summed E-state index contributed by atoms with van der Waals surface area (Å²) in [6.07, 6.45) is 2.29. The Morgan fingerprint density at radius 2 is 2.04 bits per heavy atom. The van der Waals surface area contributed by atoms with Gasteiger partial charge >= 0.3 is 5.97 Å². The van der Waals surface area contributed by atoms with Gasteiger partial charge in [-0.2, -0.15) is 0 Å². The zero-order valence-electron chi connectivity index (χ0n) is 14.4. The minimum Gasteiger partial charge on any atom is -0.481 e. The molecule has 2 aliphatic heterocycles. The van der Waals surface area contributed by atoms with Gasteiger partial charge in [0.15, 0.2) is 0 Å². The van der Waals surface area contributed by atoms with Crippen LogP contribution < -0.4 is 4.90 Å². The number of carbonyl (C=O) groups excluding carboxylic acids is 2. The Kier molecular flexibility index (Phi) is 4.61. The summed E-state index contributed by atoms with van der Waals surface area (Å²) < 4.78 is 0. The smallest absolute Gasteiger partial charge is 0.308 e. The molecule has 2 aliphatic rings. The molecular weight excluding hydrogens is 324 g/mol. The minimum absolute atomic E-state index is 0.0513. The average Bonchev–Trinajstić information content (AvgIpc) is 3.20. The summed E-state index contributed by atoms with van der Waals surface area (Å²) >= 11 is 0. The summed E-state index contributed by atoms with van der Waals surface area (Å²) in [5.41, 5.74) is 0.516. The maximum atomic E-state index is 12.6. The second kappa shape index (κ2) is 6.70. The summed E-state index contributed by atoms with van der Waals surface area (Å²) in [4.78, 5) is 45.2. The van der Waals surface area contributed by atoms with Gasteiger partial charge in [0.1, 0.15) is 5.82 Å². The second-order valence-electron chi connectivity index (χ2n) is 6.78. The van der Waals surface area contributed by atoms with Crippen molar-refractivity contribution in [1.29, 1.82) is 0 Å². The molecule has 0 spiro atoms. The molecule has 25 heavy (non-hydrogen) atoms. The Hall–Kier alpha value is -2.64. The number of carbonyl (C=O) groups is 3. The predicted molar refractivity (Wildman–Crippen MR) is 90.3 cm³/mol. The van der Waals surface area contributed by atoms with Crippen molar-refractivity contribution in [3.8, 4) is 0 Å². The molecule has 2 atom stereocenters. The zero-order valence-corrected chi connectivity index (χ0v) is 14.4. The third kappa shape index (κ3) is 3.42. The maximum Gasteiger partial charge on any atom is 0.308 e. The van der Waals surface area contributed by atoms with Crippen molar-refractivity contribution < 1.29 is 19.5 Å². The fourth-order valence-electron chi connectivity index (χ4n) is 3.39. The first-order valence-corrected chi connectivity index (χ1v) is 8.31. The number of anilines is 1. The van der Waals surface area contributed by atoms with Crippen molar-refractivity contribution in [3.63, 3.8) is 0 Å². The minimum atomic E-state index is -0.936. The first kappa shape index (κ1) is 17.2.